The summed E-state index contributed by atoms with van der Waals surface area (Å²) >= 11 is 6.04. The van der Waals surface area contributed by atoms with Crippen molar-refractivity contribution in [1.29, 1.82) is 0 Å². The minimum Gasteiger partial charge on any atom is -0.253 e. The minimum atomic E-state index is 0.785. The van der Waals surface area contributed by atoms with Crippen LogP contribution in [0.1, 0.15) is 16.8 Å². The van der Waals surface area contributed by atoms with E-state index in [0.29, 0.717) is 0 Å². The Kier molecular flexibility index (Phi) is 2.20. The lowest BCUT2D eigenvalue weighted by Gasteiger charge is -2.06. The molecule has 0 radical (unpaired) electrons. The Hall–Kier alpha value is -1.08. The zero-order valence-corrected chi connectivity index (χ0v) is 9.31. The summed E-state index contributed by atoms with van der Waals surface area (Å²) in [7, 11) is 0. The second kappa shape index (κ2) is 3.25. The summed E-state index contributed by atoms with van der Waals surface area (Å²) in [5, 5.41) is 1.95. The van der Waals surface area contributed by atoms with Crippen LogP contribution in [0.5, 0.6) is 0 Å². The molecule has 2 heteroatoms. The predicted molar refractivity (Wildman–Crippen MR) is 61.0 cm³/mol. The van der Waals surface area contributed by atoms with Gasteiger partial charge in [0.1, 0.15) is 0 Å². The molecule has 0 saturated heterocycles. The first-order valence-corrected chi connectivity index (χ1v) is 5.00. The van der Waals surface area contributed by atoms with E-state index in [2.05, 4.69) is 18.0 Å². The van der Waals surface area contributed by atoms with Gasteiger partial charge in [-0.15, -0.1) is 0 Å². The van der Waals surface area contributed by atoms with Gasteiger partial charge in [-0.1, -0.05) is 17.7 Å². The summed E-state index contributed by atoms with van der Waals surface area (Å²) < 4.78 is 0. The Morgan fingerprint density at radius 3 is 2.57 bits per heavy atom. The molecule has 0 aliphatic rings. The number of pyridine rings is 1. The number of aromatic nitrogens is 1. The molecular weight excluding hydrogens is 194 g/mol. The van der Waals surface area contributed by atoms with Crippen LogP contribution in [0.2, 0.25) is 5.02 Å². The zero-order valence-electron chi connectivity index (χ0n) is 8.56. The maximum atomic E-state index is 6.04. The van der Waals surface area contributed by atoms with Gasteiger partial charge < -0.3 is 0 Å². The standard InChI is InChI=1S/C12H12ClN/c1-7-6-10-4-5-11(13)8(2)12(10)14-9(7)3/h4-6H,1-3H3. The number of nitrogens with zero attached hydrogens (tertiary/aromatic N) is 1. The molecule has 14 heavy (non-hydrogen) atoms. The molecule has 2 aromatic rings. The smallest absolute Gasteiger partial charge is 0.0749 e. The topological polar surface area (TPSA) is 12.9 Å². The second-order valence-corrected chi connectivity index (χ2v) is 4.04. The molecule has 0 N–H and O–H groups in total. The van der Waals surface area contributed by atoms with Crippen molar-refractivity contribution >= 4 is 22.5 Å². The van der Waals surface area contributed by atoms with E-state index < -0.39 is 0 Å². The molecule has 0 amide bonds. The molecule has 72 valence electrons. The van der Waals surface area contributed by atoms with Crippen LogP contribution in [-0.4, -0.2) is 4.98 Å². The first kappa shape index (κ1) is 9.47. The molecule has 2 rings (SSSR count). The third kappa shape index (κ3) is 1.38. The number of fused-ring (bicyclic) bond motifs is 1. The maximum Gasteiger partial charge on any atom is 0.0749 e. The fourth-order valence-corrected chi connectivity index (χ4v) is 1.71. The third-order valence-corrected chi connectivity index (χ3v) is 3.03. The third-order valence-electron chi connectivity index (χ3n) is 2.62. The average Bonchev–Trinajstić information content (AvgIpc) is 2.15. The molecule has 0 unspecified atom stereocenters. The highest BCUT2D eigenvalue weighted by molar-refractivity contribution is 6.32. The van der Waals surface area contributed by atoms with Crippen molar-refractivity contribution in [2.24, 2.45) is 0 Å². The van der Waals surface area contributed by atoms with Crippen LogP contribution in [0.25, 0.3) is 10.9 Å². The number of aryl methyl sites for hydroxylation is 3. The van der Waals surface area contributed by atoms with Crippen molar-refractivity contribution in [2.45, 2.75) is 20.8 Å². The largest absolute Gasteiger partial charge is 0.253 e. The molecular formula is C12H12ClN. The maximum absolute atomic E-state index is 6.04. The highest BCUT2D eigenvalue weighted by Crippen LogP contribution is 2.25. The molecule has 0 aliphatic heterocycles. The normalized spacial score (nSPS) is 10.9. The van der Waals surface area contributed by atoms with E-state index in [1.165, 1.54) is 5.56 Å². The lowest BCUT2D eigenvalue weighted by molar-refractivity contribution is 1.19. The van der Waals surface area contributed by atoms with Gasteiger partial charge in [0.25, 0.3) is 0 Å². The van der Waals surface area contributed by atoms with Gasteiger partial charge >= 0.3 is 0 Å². The van der Waals surface area contributed by atoms with Crippen LogP contribution in [0.3, 0.4) is 0 Å². The molecule has 1 nitrogen and oxygen atoms in total. The van der Waals surface area contributed by atoms with Crippen LogP contribution in [0.15, 0.2) is 18.2 Å². The molecule has 1 heterocycles. The molecule has 1 aromatic heterocycles. The average molecular weight is 206 g/mol. The van der Waals surface area contributed by atoms with Crippen LogP contribution in [0, 0.1) is 20.8 Å². The van der Waals surface area contributed by atoms with Crippen LogP contribution < -0.4 is 0 Å². The Morgan fingerprint density at radius 2 is 1.86 bits per heavy atom. The summed E-state index contributed by atoms with van der Waals surface area (Å²) in [5.74, 6) is 0. The molecule has 0 fully saturated rings. The molecule has 0 saturated carbocycles. The molecule has 0 bridgehead atoms. The Balaban J connectivity index is 2.89. The van der Waals surface area contributed by atoms with Gasteiger partial charge in [-0.3, -0.25) is 4.98 Å². The van der Waals surface area contributed by atoms with Crippen molar-refractivity contribution in [3.8, 4) is 0 Å². The van der Waals surface area contributed by atoms with Gasteiger partial charge in [-0.2, -0.15) is 0 Å². The number of hydrogen-bond acceptors (Lipinski definition) is 1. The van der Waals surface area contributed by atoms with Crippen LogP contribution in [-0.2, 0) is 0 Å². The Bertz CT molecular complexity index is 503. The number of benzene rings is 1. The molecule has 0 atom stereocenters. The van der Waals surface area contributed by atoms with E-state index in [1.54, 1.807) is 0 Å². The van der Waals surface area contributed by atoms with Crippen molar-refractivity contribution in [3.63, 3.8) is 0 Å². The van der Waals surface area contributed by atoms with E-state index in [4.69, 9.17) is 11.6 Å². The summed E-state index contributed by atoms with van der Waals surface area (Å²) in [6.45, 7) is 6.10. The zero-order chi connectivity index (χ0) is 10.3. The summed E-state index contributed by atoms with van der Waals surface area (Å²) in [5.41, 5.74) is 4.37. The van der Waals surface area contributed by atoms with Gasteiger partial charge in [0.05, 0.1) is 5.52 Å². The SMILES string of the molecule is Cc1cc2ccc(Cl)c(C)c2nc1C. The summed E-state index contributed by atoms with van der Waals surface area (Å²) in [6.07, 6.45) is 0. The van der Waals surface area contributed by atoms with E-state index >= 15 is 0 Å². The Labute approximate surface area is 88.7 Å². The molecule has 1 aromatic carbocycles. The van der Waals surface area contributed by atoms with Gasteiger partial charge in [0.2, 0.25) is 0 Å². The first-order valence-electron chi connectivity index (χ1n) is 4.62. The van der Waals surface area contributed by atoms with Gasteiger partial charge in [0, 0.05) is 16.1 Å². The van der Waals surface area contributed by atoms with Crippen molar-refractivity contribution in [3.05, 3.63) is 40.0 Å². The van der Waals surface area contributed by atoms with Crippen molar-refractivity contribution in [2.75, 3.05) is 0 Å². The van der Waals surface area contributed by atoms with E-state index in [9.17, 15) is 0 Å². The fraction of sp³-hybridized carbons (Fsp3) is 0.250. The second-order valence-electron chi connectivity index (χ2n) is 3.63. The monoisotopic (exact) mass is 205 g/mol. The van der Waals surface area contributed by atoms with Gasteiger partial charge in [0.15, 0.2) is 0 Å². The van der Waals surface area contributed by atoms with Crippen LogP contribution >= 0.6 is 11.6 Å². The van der Waals surface area contributed by atoms with E-state index in [0.717, 1.165) is 27.2 Å². The highest BCUT2D eigenvalue weighted by atomic mass is 35.5. The molecule has 0 spiro atoms. The van der Waals surface area contributed by atoms with Gasteiger partial charge in [-0.05, 0) is 44.0 Å². The van der Waals surface area contributed by atoms with Crippen LogP contribution in [0.4, 0.5) is 0 Å². The quantitative estimate of drug-likeness (QED) is 0.637. The summed E-state index contributed by atoms with van der Waals surface area (Å²) in [4.78, 5) is 4.55. The lowest BCUT2D eigenvalue weighted by Crippen LogP contribution is -1.90. The lowest BCUT2D eigenvalue weighted by atomic mass is 10.1. The summed E-state index contributed by atoms with van der Waals surface area (Å²) in [6, 6.07) is 6.10. The number of halogens is 1. The Morgan fingerprint density at radius 1 is 1.14 bits per heavy atom. The predicted octanol–water partition coefficient (Wildman–Crippen LogP) is 3.81. The van der Waals surface area contributed by atoms with E-state index in [1.807, 2.05) is 26.0 Å². The molecule has 0 aliphatic carbocycles. The highest BCUT2D eigenvalue weighted by Gasteiger charge is 2.04. The first-order chi connectivity index (χ1) is 6.59. The van der Waals surface area contributed by atoms with Gasteiger partial charge in [-0.25, -0.2) is 0 Å². The fourth-order valence-electron chi connectivity index (χ4n) is 1.55. The van der Waals surface area contributed by atoms with E-state index in [-0.39, 0.29) is 0 Å². The number of rotatable bonds is 0. The minimum absolute atomic E-state index is 0.785. The van der Waals surface area contributed by atoms with Crippen molar-refractivity contribution < 1.29 is 0 Å². The van der Waals surface area contributed by atoms with Crippen molar-refractivity contribution in [1.82, 2.24) is 4.98 Å². The number of hydrogen-bond donors (Lipinski definition) is 0.